The van der Waals surface area contributed by atoms with E-state index in [1.165, 1.54) is 0 Å². The van der Waals surface area contributed by atoms with Crippen LogP contribution in [0.15, 0.2) is 122 Å². The van der Waals surface area contributed by atoms with Crippen molar-refractivity contribution in [3.8, 4) is 11.4 Å². The molecule has 2 aromatic carbocycles. The number of hydrogen-bond donors (Lipinski definition) is 2. The second kappa shape index (κ2) is 11.4. The number of benzene rings is 2. The number of para-hydroxylation sites is 1. The third kappa shape index (κ3) is 5.27. The number of anilines is 2. The molecule has 198 valence electrons. The van der Waals surface area contributed by atoms with E-state index in [4.69, 9.17) is 17.0 Å². The Morgan fingerprint density at radius 1 is 0.900 bits per heavy atom. The van der Waals surface area contributed by atoms with Crippen molar-refractivity contribution >= 4 is 34.6 Å². The predicted molar refractivity (Wildman–Crippen MR) is 159 cm³/mol. The van der Waals surface area contributed by atoms with Gasteiger partial charge in [-0.05, 0) is 85.0 Å². The van der Waals surface area contributed by atoms with Crippen LogP contribution in [0.4, 0.5) is 11.4 Å². The van der Waals surface area contributed by atoms with Crippen molar-refractivity contribution in [2.24, 2.45) is 0 Å². The number of carbonyl (C=O) groups is 1. The van der Waals surface area contributed by atoms with E-state index in [2.05, 4.69) is 36.1 Å². The number of carbonyl (C=O) groups excluding carboxylic acids is 1. The van der Waals surface area contributed by atoms with Crippen LogP contribution in [0.5, 0.6) is 5.75 Å². The van der Waals surface area contributed by atoms with Crippen molar-refractivity contribution in [3.63, 3.8) is 0 Å². The minimum absolute atomic E-state index is 0.0783. The summed E-state index contributed by atoms with van der Waals surface area (Å²) < 4.78 is 7.68. The lowest BCUT2D eigenvalue weighted by Gasteiger charge is -2.29. The first-order chi connectivity index (χ1) is 19.7. The van der Waals surface area contributed by atoms with Crippen molar-refractivity contribution in [3.05, 3.63) is 133 Å². The number of rotatable bonds is 8. The van der Waals surface area contributed by atoms with Crippen LogP contribution in [0, 0.1) is 0 Å². The van der Waals surface area contributed by atoms with E-state index in [1.807, 2.05) is 103 Å². The van der Waals surface area contributed by atoms with E-state index >= 15 is 0 Å². The van der Waals surface area contributed by atoms with Gasteiger partial charge in [0.05, 0.1) is 23.6 Å². The standard InChI is InChI=1S/C31H26N6O2S/c38-28(21-39-25-9-2-1-3-10-25)34-22-13-15-23(16-14-22)37-30(29(35-31(37)40)26-11-4-5-18-33-26)27-12-7-19-36(27)24-8-6-17-32-20-24/h1-20,29-30H,21H2,(H,34,38)(H,35,40)/t29-,30-/m1/s1. The van der Waals surface area contributed by atoms with Crippen LogP contribution < -0.4 is 20.3 Å². The molecule has 3 aromatic heterocycles. The van der Waals surface area contributed by atoms with Gasteiger partial charge in [0.25, 0.3) is 5.91 Å². The van der Waals surface area contributed by atoms with Gasteiger partial charge in [0.2, 0.25) is 0 Å². The summed E-state index contributed by atoms with van der Waals surface area (Å²) >= 11 is 5.87. The first kappa shape index (κ1) is 25.3. The molecular formula is C31H26N6O2S. The lowest BCUT2D eigenvalue weighted by molar-refractivity contribution is -0.118. The van der Waals surface area contributed by atoms with Gasteiger partial charge in [-0.3, -0.25) is 14.8 Å². The molecule has 0 unspecified atom stereocenters. The number of hydrogen-bond acceptors (Lipinski definition) is 5. The first-order valence-electron chi connectivity index (χ1n) is 12.8. The maximum Gasteiger partial charge on any atom is 0.262 e. The molecule has 1 fully saturated rings. The summed E-state index contributed by atoms with van der Waals surface area (Å²) in [6.45, 7) is -0.0783. The molecule has 1 amide bonds. The number of pyridine rings is 2. The monoisotopic (exact) mass is 546 g/mol. The average molecular weight is 547 g/mol. The van der Waals surface area contributed by atoms with Gasteiger partial charge in [0.15, 0.2) is 11.7 Å². The Bertz CT molecular complexity index is 1590. The zero-order chi connectivity index (χ0) is 27.3. The summed E-state index contributed by atoms with van der Waals surface area (Å²) in [6, 6.07) is 30.4. The number of amides is 1. The van der Waals surface area contributed by atoms with E-state index in [0.29, 0.717) is 16.5 Å². The number of nitrogens with one attached hydrogen (secondary N) is 2. The van der Waals surface area contributed by atoms with Crippen molar-refractivity contribution < 1.29 is 9.53 Å². The summed E-state index contributed by atoms with van der Waals surface area (Å²) in [4.78, 5) is 23.5. The van der Waals surface area contributed by atoms with Crippen LogP contribution >= 0.6 is 12.2 Å². The molecule has 0 bridgehead atoms. The highest BCUT2D eigenvalue weighted by Crippen LogP contribution is 2.42. The smallest absolute Gasteiger partial charge is 0.262 e. The topological polar surface area (TPSA) is 84.3 Å². The first-order valence-corrected chi connectivity index (χ1v) is 13.2. The van der Waals surface area contributed by atoms with Gasteiger partial charge in [-0.15, -0.1) is 0 Å². The molecule has 40 heavy (non-hydrogen) atoms. The van der Waals surface area contributed by atoms with Gasteiger partial charge < -0.3 is 24.8 Å². The van der Waals surface area contributed by atoms with Gasteiger partial charge in [0.1, 0.15) is 11.8 Å². The maximum atomic E-state index is 12.5. The lowest BCUT2D eigenvalue weighted by Crippen LogP contribution is -2.30. The predicted octanol–water partition coefficient (Wildman–Crippen LogP) is 5.46. The molecule has 1 saturated heterocycles. The van der Waals surface area contributed by atoms with Crippen LogP contribution in [0.2, 0.25) is 0 Å². The SMILES string of the molecule is O=C(COc1ccccc1)Nc1ccc(N2C(=S)N[C@H](c3ccccn3)[C@H]2c2cccn2-c2cccnc2)cc1. The second-order valence-corrected chi connectivity index (χ2v) is 9.59. The van der Waals surface area contributed by atoms with E-state index < -0.39 is 0 Å². The molecular weight excluding hydrogens is 520 g/mol. The van der Waals surface area contributed by atoms with Crippen LogP contribution in [-0.4, -0.2) is 32.2 Å². The zero-order valence-corrected chi connectivity index (χ0v) is 22.2. The van der Waals surface area contributed by atoms with Crippen LogP contribution in [0.1, 0.15) is 23.5 Å². The molecule has 9 heteroatoms. The minimum atomic E-state index is -0.239. The molecule has 4 heterocycles. The van der Waals surface area contributed by atoms with E-state index in [1.54, 1.807) is 12.4 Å². The van der Waals surface area contributed by atoms with Crippen LogP contribution in [-0.2, 0) is 4.79 Å². The molecule has 2 atom stereocenters. The Hall–Kier alpha value is -5.02. The summed E-state index contributed by atoms with van der Waals surface area (Å²) in [6.07, 6.45) is 7.41. The summed E-state index contributed by atoms with van der Waals surface area (Å²) in [5, 5.41) is 6.98. The zero-order valence-electron chi connectivity index (χ0n) is 21.4. The molecule has 5 aromatic rings. The fraction of sp³-hybridized carbons (Fsp3) is 0.0968. The third-order valence-corrected chi connectivity index (χ3v) is 6.96. The normalized spacial score (nSPS) is 16.4. The second-order valence-electron chi connectivity index (χ2n) is 9.21. The molecule has 0 radical (unpaired) electrons. The van der Waals surface area contributed by atoms with Crippen molar-refractivity contribution in [1.82, 2.24) is 19.9 Å². The van der Waals surface area contributed by atoms with Gasteiger partial charge in [-0.1, -0.05) is 24.3 Å². The average Bonchev–Trinajstić information content (AvgIpc) is 3.62. The number of aromatic nitrogens is 3. The van der Waals surface area contributed by atoms with E-state index in [-0.39, 0.29) is 24.6 Å². The quantitative estimate of drug-likeness (QED) is 0.250. The molecule has 8 nitrogen and oxygen atoms in total. The molecule has 6 rings (SSSR count). The fourth-order valence-corrected chi connectivity index (χ4v) is 5.21. The Morgan fingerprint density at radius 2 is 1.73 bits per heavy atom. The molecule has 0 saturated carbocycles. The van der Waals surface area contributed by atoms with Crippen molar-refractivity contribution in [2.75, 3.05) is 16.8 Å². The molecule has 1 aliphatic heterocycles. The Kier molecular flexibility index (Phi) is 7.19. The highest BCUT2D eigenvalue weighted by atomic mass is 32.1. The number of nitrogens with zero attached hydrogens (tertiary/aromatic N) is 4. The van der Waals surface area contributed by atoms with E-state index in [9.17, 15) is 4.79 Å². The Labute approximate surface area is 237 Å². The summed E-state index contributed by atoms with van der Waals surface area (Å²) in [5.41, 5.74) is 4.43. The van der Waals surface area contributed by atoms with Gasteiger partial charge in [-0.2, -0.15) is 0 Å². The minimum Gasteiger partial charge on any atom is -0.484 e. The van der Waals surface area contributed by atoms with Gasteiger partial charge in [-0.25, -0.2) is 0 Å². The van der Waals surface area contributed by atoms with Crippen molar-refractivity contribution in [2.45, 2.75) is 12.1 Å². The molecule has 0 spiro atoms. The summed E-state index contributed by atoms with van der Waals surface area (Å²) in [5.74, 6) is 0.407. The fourth-order valence-electron chi connectivity index (χ4n) is 4.87. The molecule has 0 aliphatic carbocycles. The molecule has 1 aliphatic rings. The highest BCUT2D eigenvalue weighted by molar-refractivity contribution is 7.80. The van der Waals surface area contributed by atoms with Crippen molar-refractivity contribution in [1.29, 1.82) is 0 Å². The number of thiocarbonyl (C=S) groups is 1. The van der Waals surface area contributed by atoms with Crippen LogP contribution in [0.25, 0.3) is 5.69 Å². The van der Waals surface area contributed by atoms with E-state index in [0.717, 1.165) is 22.8 Å². The maximum absolute atomic E-state index is 12.5. The van der Waals surface area contributed by atoms with Gasteiger partial charge >= 0.3 is 0 Å². The Morgan fingerprint density at radius 3 is 2.48 bits per heavy atom. The van der Waals surface area contributed by atoms with Gasteiger partial charge in [0, 0.05) is 35.7 Å². The summed E-state index contributed by atoms with van der Waals surface area (Å²) in [7, 11) is 0. The lowest BCUT2D eigenvalue weighted by atomic mass is 10.0. The third-order valence-electron chi connectivity index (χ3n) is 6.65. The Balaban J connectivity index is 1.27. The van der Waals surface area contributed by atoms with Crippen LogP contribution in [0.3, 0.4) is 0 Å². The molecule has 2 N–H and O–H groups in total. The highest BCUT2D eigenvalue weighted by Gasteiger charge is 2.42. The largest absolute Gasteiger partial charge is 0.484 e. The number of ether oxygens (including phenoxy) is 1.